The van der Waals surface area contributed by atoms with Crippen LogP contribution in [-0.4, -0.2) is 31.6 Å². The van der Waals surface area contributed by atoms with Gasteiger partial charge < -0.3 is 9.47 Å². The highest BCUT2D eigenvalue weighted by molar-refractivity contribution is 5.85. The van der Waals surface area contributed by atoms with E-state index in [1.54, 1.807) is 0 Å². The average Bonchev–Trinajstić information content (AvgIpc) is 2.92. The van der Waals surface area contributed by atoms with Crippen molar-refractivity contribution in [1.29, 1.82) is 0 Å². The molecule has 1 aromatic rings. The van der Waals surface area contributed by atoms with Crippen molar-refractivity contribution in [2.45, 2.75) is 25.1 Å². The Morgan fingerprint density at radius 2 is 2.14 bits per heavy atom. The molecule has 0 bridgehead atoms. The third-order valence-electron chi connectivity index (χ3n) is 3.19. The number of methoxy groups -OCH3 is 1. The van der Waals surface area contributed by atoms with Crippen molar-refractivity contribution < 1.29 is 31.8 Å². The maximum absolute atomic E-state index is 13.7. The summed E-state index contributed by atoms with van der Waals surface area (Å²) in [5.74, 6) is -1.40. The second kappa shape index (κ2) is 6.33. The summed E-state index contributed by atoms with van der Waals surface area (Å²) in [6.45, 7) is -0.0224. The maximum Gasteiger partial charge on any atom is 0.416 e. The number of ether oxygens (including phenoxy) is 2. The number of aliphatic imine (C=N–C) groups is 1. The van der Waals surface area contributed by atoms with E-state index in [0.29, 0.717) is 0 Å². The molecule has 1 aliphatic rings. The fourth-order valence-electron chi connectivity index (χ4n) is 2.13. The molecule has 1 atom stereocenters. The Morgan fingerprint density at radius 1 is 1.41 bits per heavy atom. The molecule has 4 nitrogen and oxygen atoms in total. The van der Waals surface area contributed by atoms with Gasteiger partial charge in [-0.25, -0.2) is 14.2 Å². The summed E-state index contributed by atoms with van der Waals surface area (Å²) < 4.78 is 61.8. The number of esters is 1. The van der Waals surface area contributed by atoms with E-state index in [2.05, 4.69) is 9.73 Å². The second-order valence-corrected chi connectivity index (χ2v) is 4.64. The molecule has 0 N–H and O–H groups in total. The lowest BCUT2D eigenvalue weighted by molar-refractivity contribution is -0.142. The van der Waals surface area contributed by atoms with Crippen LogP contribution in [0.15, 0.2) is 23.2 Å². The van der Waals surface area contributed by atoms with Crippen LogP contribution in [0, 0.1) is 5.82 Å². The van der Waals surface area contributed by atoms with Gasteiger partial charge in [0, 0.05) is 12.0 Å². The first-order valence-corrected chi connectivity index (χ1v) is 6.45. The predicted octanol–water partition coefficient (Wildman–Crippen LogP) is 2.75. The van der Waals surface area contributed by atoms with Crippen LogP contribution < -0.4 is 0 Å². The van der Waals surface area contributed by atoms with Crippen LogP contribution in [0.1, 0.15) is 17.5 Å². The predicted molar refractivity (Wildman–Crippen MR) is 68.9 cm³/mol. The SMILES string of the molecule is COC(=O)C1COC(CCc2c(F)cccc2C(F)(F)F)=N1. The molecule has 0 fully saturated rings. The molecule has 120 valence electrons. The quantitative estimate of drug-likeness (QED) is 0.633. The van der Waals surface area contributed by atoms with Crippen LogP contribution in [0.5, 0.6) is 0 Å². The van der Waals surface area contributed by atoms with Gasteiger partial charge in [-0.1, -0.05) is 6.07 Å². The highest BCUT2D eigenvalue weighted by Crippen LogP contribution is 2.33. The van der Waals surface area contributed by atoms with Crippen molar-refractivity contribution in [3.8, 4) is 0 Å². The summed E-state index contributed by atoms with van der Waals surface area (Å²) in [6, 6.07) is 1.99. The van der Waals surface area contributed by atoms with E-state index in [-0.39, 0.29) is 25.3 Å². The number of alkyl halides is 3. The zero-order valence-corrected chi connectivity index (χ0v) is 11.6. The second-order valence-electron chi connectivity index (χ2n) is 4.64. The van der Waals surface area contributed by atoms with Gasteiger partial charge in [0.1, 0.15) is 12.4 Å². The molecule has 1 aromatic carbocycles. The fraction of sp³-hybridized carbons (Fsp3) is 0.429. The highest BCUT2D eigenvalue weighted by atomic mass is 19.4. The van der Waals surface area contributed by atoms with Gasteiger partial charge in [0.05, 0.1) is 12.7 Å². The van der Waals surface area contributed by atoms with Crippen molar-refractivity contribution >= 4 is 11.9 Å². The fourth-order valence-corrected chi connectivity index (χ4v) is 2.13. The van der Waals surface area contributed by atoms with Gasteiger partial charge in [0.15, 0.2) is 11.9 Å². The van der Waals surface area contributed by atoms with E-state index in [1.165, 1.54) is 7.11 Å². The van der Waals surface area contributed by atoms with Crippen LogP contribution >= 0.6 is 0 Å². The van der Waals surface area contributed by atoms with Crippen molar-refractivity contribution in [3.63, 3.8) is 0 Å². The van der Waals surface area contributed by atoms with Gasteiger partial charge in [-0.3, -0.25) is 0 Å². The lowest BCUT2D eigenvalue weighted by Crippen LogP contribution is -2.21. The van der Waals surface area contributed by atoms with Crippen LogP contribution in [0.25, 0.3) is 0 Å². The normalized spacial score (nSPS) is 17.9. The Bertz CT molecular complexity index is 598. The third-order valence-corrected chi connectivity index (χ3v) is 3.19. The first-order chi connectivity index (χ1) is 10.3. The first-order valence-electron chi connectivity index (χ1n) is 6.45. The largest absolute Gasteiger partial charge is 0.478 e. The van der Waals surface area contributed by atoms with E-state index in [1.807, 2.05) is 0 Å². The van der Waals surface area contributed by atoms with Gasteiger partial charge in [-0.15, -0.1) is 0 Å². The first kappa shape index (κ1) is 16.3. The zero-order chi connectivity index (χ0) is 16.3. The number of hydrogen-bond acceptors (Lipinski definition) is 4. The van der Waals surface area contributed by atoms with Crippen LogP contribution in [0.3, 0.4) is 0 Å². The Balaban J connectivity index is 2.11. The van der Waals surface area contributed by atoms with Crippen LogP contribution in [0.4, 0.5) is 17.6 Å². The molecule has 8 heteroatoms. The summed E-state index contributed by atoms with van der Waals surface area (Å²) in [5, 5.41) is 0. The van der Waals surface area contributed by atoms with Crippen molar-refractivity contribution in [2.75, 3.05) is 13.7 Å². The molecule has 2 rings (SSSR count). The Labute approximate surface area is 123 Å². The number of halogens is 4. The van der Waals surface area contributed by atoms with Gasteiger partial charge in [-0.2, -0.15) is 13.2 Å². The summed E-state index contributed by atoms with van der Waals surface area (Å²) in [5.41, 5.74) is -1.46. The summed E-state index contributed by atoms with van der Waals surface area (Å²) >= 11 is 0. The molecule has 0 spiro atoms. The zero-order valence-electron chi connectivity index (χ0n) is 11.6. The van der Waals surface area contributed by atoms with E-state index < -0.39 is 35.1 Å². The maximum atomic E-state index is 13.7. The Hall–Kier alpha value is -2.12. The number of benzene rings is 1. The highest BCUT2D eigenvalue weighted by Gasteiger charge is 2.34. The topological polar surface area (TPSA) is 47.9 Å². The smallest absolute Gasteiger partial charge is 0.416 e. The van der Waals surface area contributed by atoms with Crippen molar-refractivity contribution in [1.82, 2.24) is 0 Å². The molecule has 22 heavy (non-hydrogen) atoms. The average molecular weight is 319 g/mol. The van der Waals surface area contributed by atoms with Crippen molar-refractivity contribution in [2.24, 2.45) is 4.99 Å². The minimum absolute atomic E-state index is 0.0224. The van der Waals surface area contributed by atoms with Gasteiger partial charge in [0.2, 0.25) is 0 Å². The lowest BCUT2D eigenvalue weighted by atomic mass is 10.0. The number of hydrogen-bond donors (Lipinski definition) is 0. The molecule has 0 saturated carbocycles. The van der Waals surface area contributed by atoms with Gasteiger partial charge in [-0.05, 0) is 18.6 Å². The Kier molecular flexibility index (Phi) is 4.68. The number of carbonyl (C=O) groups is 1. The molecular formula is C14H13F4NO3. The monoisotopic (exact) mass is 319 g/mol. The molecule has 1 heterocycles. The van der Waals surface area contributed by atoms with E-state index in [0.717, 1.165) is 18.2 Å². The van der Waals surface area contributed by atoms with Gasteiger partial charge in [0.25, 0.3) is 0 Å². The Morgan fingerprint density at radius 3 is 2.77 bits per heavy atom. The van der Waals surface area contributed by atoms with E-state index in [4.69, 9.17) is 4.74 Å². The summed E-state index contributed by atoms with van der Waals surface area (Å²) in [4.78, 5) is 15.2. The molecular weight excluding hydrogens is 306 g/mol. The molecule has 1 unspecified atom stereocenters. The van der Waals surface area contributed by atoms with Crippen LogP contribution in [-0.2, 0) is 26.9 Å². The number of nitrogens with zero attached hydrogens (tertiary/aromatic N) is 1. The molecule has 0 amide bonds. The van der Waals surface area contributed by atoms with Crippen molar-refractivity contribution in [3.05, 3.63) is 35.1 Å². The molecule has 0 aliphatic carbocycles. The summed E-state index contributed by atoms with van der Waals surface area (Å²) in [7, 11) is 1.20. The van der Waals surface area contributed by atoms with Gasteiger partial charge >= 0.3 is 12.1 Å². The lowest BCUT2D eigenvalue weighted by Gasteiger charge is -2.13. The minimum atomic E-state index is -4.63. The minimum Gasteiger partial charge on any atom is -0.478 e. The molecule has 1 aliphatic heterocycles. The molecule has 0 aromatic heterocycles. The van der Waals surface area contributed by atoms with E-state index >= 15 is 0 Å². The van der Waals surface area contributed by atoms with E-state index in [9.17, 15) is 22.4 Å². The van der Waals surface area contributed by atoms with Crippen LogP contribution in [0.2, 0.25) is 0 Å². The number of carbonyl (C=O) groups excluding carboxylic acids is 1. The molecule has 0 radical (unpaired) electrons. The summed E-state index contributed by atoms with van der Waals surface area (Å²) in [6.07, 6.45) is -4.89. The third kappa shape index (κ3) is 3.55. The number of rotatable bonds is 4. The standard InChI is InChI=1S/C14H13F4NO3/c1-21-13(20)11-7-22-12(19-11)6-5-8-9(14(16,17)18)3-2-4-10(8)15/h2-4,11H,5-7H2,1H3. The molecule has 0 saturated heterocycles.